The monoisotopic (exact) mass is 460 g/mol. The number of rotatable bonds is 2. The van der Waals surface area contributed by atoms with Gasteiger partial charge < -0.3 is 10.2 Å². The van der Waals surface area contributed by atoms with Crippen LogP contribution in [0.25, 0.3) is 0 Å². The summed E-state index contributed by atoms with van der Waals surface area (Å²) in [7, 11) is 0. The number of hydrogen-bond acceptors (Lipinski definition) is 3. The zero-order valence-electron chi connectivity index (χ0n) is 19.7. The molecule has 3 aromatic rings. The lowest BCUT2D eigenvalue weighted by Gasteiger charge is -2.51. The molecule has 0 radical (unpaired) electrons. The number of anilines is 1. The first kappa shape index (κ1) is 22.7. The molecule has 2 fully saturated rings. The number of carbonyl (C=O) groups excluding carboxylic acids is 1. The lowest BCUT2D eigenvalue weighted by Crippen LogP contribution is -2.61. The van der Waals surface area contributed by atoms with Crippen molar-refractivity contribution in [3.05, 3.63) is 101 Å². The molecule has 174 valence electrons. The molecule has 0 saturated carbocycles. The van der Waals surface area contributed by atoms with Crippen molar-refractivity contribution in [2.24, 2.45) is 0 Å². The molecule has 2 aliphatic rings. The van der Waals surface area contributed by atoms with E-state index in [1.165, 1.54) is 5.56 Å². The largest absolute Gasteiger partial charge is 0.323 e. The van der Waals surface area contributed by atoms with Gasteiger partial charge in [0.05, 0.1) is 11.6 Å². The molecule has 0 bridgehead atoms. The number of fused-ring (bicyclic) bond motifs is 1. The second-order valence-electron chi connectivity index (χ2n) is 9.18. The van der Waals surface area contributed by atoms with Crippen molar-refractivity contribution in [1.29, 1.82) is 5.26 Å². The van der Waals surface area contributed by atoms with Gasteiger partial charge in [0.15, 0.2) is 0 Å². The predicted octanol–water partition coefficient (Wildman–Crippen LogP) is 5.05. The molecular weight excluding hydrogens is 432 g/mol. The smallest absolute Gasteiger partial charge is 0.321 e. The number of urea groups is 1. The molecule has 2 amide bonds. The molecule has 0 spiro atoms. The first-order chi connectivity index (χ1) is 17.2. The predicted molar refractivity (Wildman–Crippen MR) is 138 cm³/mol. The van der Waals surface area contributed by atoms with Crippen molar-refractivity contribution < 1.29 is 4.79 Å². The van der Waals surface area contributed by atoms with Gasteiger partial charge in [-0.2, -0.15) is 5.26 Å². The fraction of sp³-hybridized carbons (Fsp3) is 0.267. The Hall–Kier alpha value is -4.06. The summed E-state index contributed by atoms with van der Waals surface area (Å²) < 4.78 is 0. The highest BCUT2D eigenvalue weighted by molar-refractivity contribution is 5.89. The van der Waals surface area contributed by atoms with Gasteiger partial charge in [0.2, 0.25) is 0 Å². The van der Waals surface area contributed by atoms with Crippen molar-refractivity contribution in [3.8, 4) is 17.9 Å². The molecule has 5 rings (SSSR count). The topological polar surface area (TPSA) is 59.4 Å². The van der Waals surface area contributed by atoms with Crippen molar-refractivity contribution >= 4 is 11.7 Å². The molecule has 0 aromatic heterocycles. The van der Waals surface area contributed by atoms with Gasteiger partial charge in [-0.05, 0) is 73.5 Å². The second kappa shape index (κ2) is 10.5. The van der Waals surface area contributed by atoms with E-state index in [0.717, 1.165) is 43.6 Å². The molecule has 2 heterocycles. The normalized spacial score (nSPS) is 19.6. The van der Waals surface area contributed by atoms with E-state index in [1.807, 2.05) is 35.2 Å². The fourth-order valence-corrected chi connectivity index (χ4v) is 4.88. The van der Waals surface area contributed by atoms with E-state index in [2.05, 4.69) is 52.4 Å². The average molecular weight is 461 g/mol. The van der Waals surface area contributed by atoms with Crippen LogP contribution in [0, 0.1) is 23.2 Å². The first-order valence-electron chi connectivity index (χ1n) is 12.2. The minimum Gasteiger partial charge on any atom is -0.323 e. The van der Waals surface area contributed by atoms with Gasteiger partial charge in [-0.15, -0.1) is 0 Å². The van der Waals surface area contributed by atoms with E-state index >= 15 is 0 Å². The van der Waals surface area contributed by atoms with Crippen molar-refractivity contribution in [2.75, 3.05) is 31.5 Å². The molecule has 2 aliphatic heterocycles. The molecule has 1 N–H and O–H groups in total. The fourth-order valence-electron chi connectivity index (χ4n) is 4.88. The van der Waals surface area contributed by atoms with Crippen molar-refractivity contribution in [2.45, 2.75) is 24.8 Å². The van der Waals surface area contributed by atoms with Crippen LogP contribution in [0.15, 0.2) is 78.9 Å². The standard InChI is InChI=1S/C30H28N4O/c31-20-25-12-16-27(17-13-25)32-30(35)34-19-5-4-18-33-21-28(29(33)22-34)26-14-10-24(11-15-26)9-8-23-6-2-1-3-7-23/h1-3,6-7,10-17,28-29H,4-5,18-19,21-22H2,(H,32,35)/t28-,29+/m1/s1. The molecule has 0 unspecified atom stereocenters. The molecule has 0 aliphatic carbocycles. The number of benzene rings is 3. The Morgan fingerprint density at radius 3 is 2.17 bits per heavy atom. The Kier molecular flexibility index (Phi) is 6.80. The summed E-state index contributed by atoms with van der Waals surface area (Å²) in [5, 5.41) is 12.0. The van der Waals surface area contributed by atoms with Crippen LogP contribution in [0.5, 0.6) is 0 Å². The van der Waals surface area contributed by atoms with Gasteiger partial charge in [0.25, 0.3) is 0 Å². The zero-order chi connectivity index (χ0) is 24.0. The zero-order valence-corrected chi connectivity index (χ0v) is 19.7. The average Bonchev–Trinajstić information content (AvgIpc) is 2.88. The van der Waals surface area contributed by atoms with Gasteiger partial charge in [0.1, 0.15) is 0 Å². The highest BCUT2D eigenvalue weighted by Gasteiger charge is 2.41. The maximum Gasteiger partial charge on any atom is 0.321 e. The Bertz CT molecular complexity index is 1270. The first-order valence-corrected chi connectivity index (χ1v) is 12.2. The summed E-state index contributed by atoms with van der Waals surface area (Å²) >= 11 is 0. The summed E-state index contributed by atoms with van der Waals surface area (Å²) in [6.45, 7) is 3.59. The number of nitrogens with zero attached hydrogens (tertiary/aromatic N) is 3. The van der Waals surface area contributed by atoms with Crippen molar-refractivity contribution in [1.82, 2.24) is 9.80 Å². The van der Waals surface area contributed by atoms with Crippen LogP contribution < -0.4 is 5.32 Å². The molecule has 5 nitrogen and oxygen atoms in total. The lowest BCUT2D eigenvalue weighted by molar-refractivity contribution is 0.0272. The van der Waals surface area contributed by atoms with E-state index in [9.17, 15) is 4.79 Å². The summed E-state index contributed by atoms with van der Waals surface area (Å²) in [5.41, 5.74) is 4.63. The summed E-state index contributed by atoms with van der Waals surface area (Å²) in [6.07, 6.45) is 2.10. The highest BCUT2D eigenvalue weighted by atomic mass is 16.2. The molecule has 5 heteroatoms. The summed E-state index contributed by atoms with van der Waals surface area (Å²) in [4.78, 5) is 17.5. The minimum atomic E-state index is -0.0752. The van der Waals surface area contributed by atoms with Crippen molar-refractivity contribution in [3.63, 3.8) is 0 Å². The van der Waals surface area contributed by atoms with E-state index < -0.39 is 0 Å². The molecule has 2 saturated heterocycles. The van der Waals surface area contributed by atoms with Crippen LogP contribution in [0.1, 0.15) is 41.0 Å². The Morgan fingerprint density at radius 2 is 1.46 bits per heavy atom. The number of nitriles is 1. The summed E-state index contributed by atoms with van der Waals surface area (Å²) in [6, 6.07) is 28.0. The van der Waals surface area contributed by atoms with Gasteiger partial charge in [-0.1, -0.05) is 42.2 Å². The molecular formula is C30H28N4O. The number of amides is 2. The van der Waals surface area contributed by atoms with Gasteiger partial charge in [0, 0.05) is 48.4 Å². The van der Waals surface area contributed by atoms with E-state index in [-0.39, 0.29) is 6.03 Å². The maximum absolute atomic E-state index is 13.1. The van der Waals surface area contributed by atoms with E-state index in [1.54, 1.807) is 24.3 Å². The Balaban J connectivity index is 1.25. The van der Waals surface area contributed by atoms with E-state index in [4.69, 9.17) is 5.26 Å². The molecule has 2 atom stereocenters. The molecule has 3 aromatic carbocycles. The second-order valence-corrected chi connectivity index (χ2v) is 9.18. The van der Waals surface area contributed by atoms with Crippen LogP contribution in [0.2, 0.25) is 0 Å². The third-order valence-corrected chi connectivity index (χ3v) is 6.91. The summed E-state index contributed by atoms with van der Waals surface area (Å²) in [5.74, 6) is 6.88. The lowest BCUT2D eigenvalue weighted by atomic mass is 9.81. The number of carbonyl (C=O) groups is 1. The van der Waals surface area contributed by atoms with Crippen LogP contribution >= 0.6 is 0 Å². The van der Waals surface area contributed by atoms with Gasteiger partial charge >= 0.3 is 6.03 Å². The maximum atomic E-state index is 13.1. The number of nitrogens with one attached hydrogen (secondary N) is 1. The van der Waals surface area contributed by atoms with E-state index in [0.29, 0.717) is 29.8 Å². The third-order valence-electron chi connectivity index (χ3n) is 6.91. The van der Waals surface area contributed by atoms with Gasteiger partial charge in [-0.25, -0.2) is 4.79 Å². The quantitative estimate of drug-likeness (QED) is 0.544. The Morgan fingerprint density at radius 1 is 0.800 bits per heavy atom. The highest BCUT2D eigenvalue weighted by Crippen LogP contribution is 2.36. The van der Waals surface area contributed by atoms with Crippen LogP contribution in [0.4, 0.5) is 10.5 Å². The molecule has 35 heavy (non-hydrogen) atoms. The van der Waals surface area contributed by atoms with Gasteiger partial charge in [-0.3, -0.25) is 4.90 Å². The van der Waals surface area contributed by atoms with Crippen LogP contribution in [0.3, 0.4) is 0 Å². The SMILES string of the molecule is N#Cc1ccc(NC(=O)N2CCCCN3C[C@H](c4ccc(C#Cc5ccccc5)cc4)[C@@H]3C2)cc1. The van der Waals surface area contributed by atoms with Crippen LogP contribution in [-0.2, 0) is 0 Å². The Labute approximate surface area is 207 Å². The third kappa shape index (κ3) is 5.38. The number of hydrogen-bond donors (Lipinski definition) is 1. The minimum absolute atomic E-state index is 0.0752. The van der Waals surface area contributed by atoms with Crippen LogP contribution in [-0.4, -0.2) is 48.1 Å².